The van der Waals surface area contributed by atoms with E-state index in [4.69, 9.17) is 4.74 Å². The quantitative estimate of drug-likeness (QED) is 0.547. The van der Waals surface area contributed by atoms with Crippen LogP contribution in [0.4, 0.5) is 5.69 Å². The Morgan fingerprint density at radius 1 is 0.848 bits per heavy atom. The molecule has 2 aliphatic heterocycles. The first-order valence-corrected chi connectivity index (χ1v) is 11.3. The minimum absolute atomic E-state index is 0.269. The van der Waals surface area contributed by atoms with Crippen LogP contribution in [-0.4, -0.2) is 30.4 Å². The maximum absolute atomic E-state index is 13.8. The second kappa shape index (κ2) is 8.58. The van der Waals surface area contributed by atoms with E-state index in [1.54, 1.807) is 7.11 Å². The zero-order valence-electron chi connectivity index (χ0n) is 18.9. The molecule has 5 heteroatoms. The van der Waals surface area contributed by atoms with E-state index >= 15 is 0 Å². The van der Waals surface area contributed by atoms with Crippen molar-refractivity contribution in [2.45, 2.75) is 26.3 Å². The lowest BCUT2D eigenvalue weighted by Gasteiger charge is -2.31. The largest absolute Gasteiger partial charge is 0.497 e. The average molecular weight is 439 g/mol. The van der Waals surface area contributed by atoms with E-state index in [0.29, 0.717) is 35.8 Å². The molecule has 0 fully saturated rings. The third-order valence-corrected chi connectivity index (χ3v) is 6.49. The van der Waals surface area contributed by atoms with Crippen LogP contribution in [0, 0.1) is 0 Å². The number of amides is 2. The van der Waals surface area contributed by atoms with Crippen LogP contribution < -0.4 is 9.64 Å². The van der Waals surface area contributed by atoms with Crippen molar-refractivity contribution in [1.82, 2.24) is 4.90 Å². The number of nitrogens with zero attached hydrogens (tertiary/aromatic N) is 2. The summed E-state index contributed by atoms with van der Waals surface area (Å²) in [6.07, 6.45) is 1.73. The van der Waals surface area contributed by atoms with Crippen LogP contribution in [0.3, 0.4) is 0 Å². The number of imide groups is 1. The van der Waals surface area contributed by atoms with Crippen LogP contribution >= 0.6 is 0 Å². The number of aryl methyl sites for hydroxylation is 1. The van der Waals surface area contributed by atoms with Crippen LogP contribution in [0.2, 0.25) is 0 Å². The standard InChI is InChI=1S/C28H26N2O3/c1-3-19-8-12-23(13-9-19)30-27(31)25(21-10-14-24(33-2)15-11-21)26(28(30)32)29-17-16-20-6-4-5-7-22(20)18-29/h4-15H,3,16-18H2,1-2H3. The number of hydrogen-bond donors (Lipinski definition) is 0. The van der Waals surface area contributed by atoms with E-state index in [0.717, 1.165) is 24.0 Å². The molecule has 0 spiro atoms. The van der Waals surface area contributed by atoms with Gasteiger partial charge in [-0.3, -0.25) is 9.59 Å². The fourth-order valence-electron chi connectivity index (χ4n) is 4.63. The van der Waals surface area contributed by atoms with Crippen molar-refractivity contribution in [3.8, 4) is 5.75 Å². The number of ether oxygens (including phenoxy) is 1. The van der Waals surface area contributed by atoms with E-state index in [2.05, 4.69) is 24.0 Å². The van der Waals surface area contributed by atoms with Crippen LogP contribution in [0.25, 0.3) is 5.57 Å². The Balaban J connectivity index is 1.59. The summed E-state index contributed by atoms with van der Waals surface area (Å²) in [5.41, 5.74) is 5.88. The molecule has 33 heavy (non-hydrogen) atoms. The summed E-state index contributed by atoms with van der Waals surface area (Å²) in [6.45, 7) is 3.37. The smallest absolute Gasteiger partial charge is 0.282 e. The lowest BCUT2D eigenvalue weighted by molar-refractivity contribution is -0.120. The van der Waals surface area contributed by atoms with Crippen LogP contribution in [0.1, 0.15) is 29.2 Å². The maximum Gasteiger partial charge on any atom is 0.282 e. The Labute approximate surface area is 193 Å². The van der Waals surface area contributed by atoms with Gasteiger partial charge in [0.1, 0.15) is 11.4 Å². The molecule has 166 valence electrons. The number of fused-ring (bicyclic) bond motifs is 1. The van der Waals surface area contributed by atoms with Crippen molar-refractivity contribution in [1.29, 1.82) is 0 Å². The SMILES string of the molecule is CCc1ccc(N2C(=O)C(c3ccc(OC)cc3)=C(N3CCc4ccccc4C3)C2=O)cc1. The Kier molecular flexibility index (Phi) is 5.47. The van der Waals surface area contributed by atoms with Crippen molar-refractivity contribution in [2.75, 3.05) is 18.6 Å². The summed E-state index contributed by atoms with van der Waals surface area (Å²) >= 11 is 0. The maximum atomic E-state index is 13.8. The predicted octanol–water partition coefficient (Wildman–Crippen LogP) is 4.60. The molecular formula is C28H26N2O3. The first-order valence-electron chi connectivity index (χ1n) is 11.3. The molecule has 5 nitrogen and oxygen atoms in total. The normalized spacial score (nSPS) is 15.8. The van der Waals surface area contributed by atoms with Gasteiger partial charge in [-0.1, -0.05) is 55.5 Å². The molecule has 2 aliphatic rings. The zero-order chi connectivity index (χ0) is 22.9. The van der Waals surface area contributed by atoms with Gasteiger partial charge in [0.25, 0.3) is 11.8 Å². The molecule has 0 aromatic heterocycles. The van der Waals surface area contributed by atoms with Gasteiger partial charge in [0.2, 0.25) is 0 Å². The Morgan fingerprint density at radius 2 is 1.55 bits per heavy atom. The number of hydrogen-bond acceptors (Lipinski definition) is 4. The van der Waals surface area contributed by atoms with Gasteiger partial charge in [-0.05, 0) is 59.4 Å². The van der Waals surface area contributed by atoms with Gasteiger partial charge in [-0.15, -0.1) is 0 Å². The average Bonchev–Trinajstić information content (AvgIpc) is 3.13. The molecule has 2 heterocycles. The number of benzene rings is 3. The van der Waals surface area contributed by atoms with Gasteiger partial charge in [-0.2, -0.15) is 0 Å². The lowest BCUT2D eigenvalue weighted by atomic mass is 9.98. The van der Waals surface area contributed by atoms with Gasteiger partial charge in [0, 0.05) is 13.1 Å². The molecule has 0 bridgehead atoms. The Hall–Kier alpha value is -3.86. The van der Waals surface area contributed by atoms with Crippen molar-refractivity contribution < 1.29 is 14.3 Å². The first-order chi connectivity index (χ1) is 16.1. The summed E-state index contributed by atoms with van der Waals surface area (Å²) in [5, 5.41) is 0. The van der Waals surface area contributed by atoms with Gasteiger partial charge in [0.15, 0.2) is 0 Å². The molecule has 0 unspecified atom stereocenters. The minimum Gasteiger partial charge on any atom is -0.497 e. The summed E-state index contributed by atoms with van der Waals surface area (Å²) < 4.78 is 5.29. The van der Waals surface area contributed by atoms with E-state index < -0.39 is 0 Å². The highest BCUT2D eigenvalue weighted by Crippen LogP contribution is 2.37. The topological polar surface area (TPSA) is 49.9 Å². The molecule has 0 saturated heterocycles. The minimum atomic E-state index is -0.289. The summed E-state index contributed by atoms with van der Waals surface area (Å²) in [5.74, 6) is 0.148. The Morgan fingerprint density at radius 3 is 2.21 bits per heavy atom. The van der Waals surface area contributed by atoms with E-state index in [1.165, 1.54) is 16.0 Å². The number of methoxy groups -OCH3 is 1. The molecule has 0 N–H and O–H groups in total. The molecular weight excluding hydrogens is 412 g/mol. The molecule has 0 aliphatic carbocycles. The molecule has 3 aromatic rings. The Bertz CT molecular complexity index is 1240. The second-order valence-corrected chi connectivity index (χ2v) is 8.36. The van der Waals surface area contributed by atoms with E-state index in [9.17, 15) is 9.59 Å². The van der Waals surface area contributed by atoms with Crippen molar-refractivity contribution in [3.63, 3.8) is 0 Å². The zero-order valence-corrected chi connectivity index (χ0v) is 18.9. The predicted molar refractivity (Wildman–Crippen MR) is 129 cm³/mol. The van der Waals surface area contributed by atoms with Crippen LogP contribution in [0.5, 0.6) is 5.75 Å². The molecule has 0 saturated carbocycles. The highest BCUT2D eigenvalue weighted by atomic mass is 16.5. The van der Waals surface area contributed by atoms with Gasteiger partial charge in [-0.25, -0.2) is 4.90 Å². The van der Waals surface area contributed by atoms with Gasteiger partial charge >= 0.3 is 0 Å². The lowest BCUT2D eigenvalue weighted by Crippen LogP contribution is -2.37. The summed E-state index contributed by atoms with van der Waals surface area (Å²) in [6, 6.07) is 23.3. The third-order valence-electron chi connectivity index (χ3n) is 6.49. The third kappa shape index (κ3) is 3.69. The van der Waals surface area contributed by atoms with Gasteiger partial charge in [0.05, 0.1) is 18.4 Å². The monoisotopic (exact) mass is 438 g/mol. The fraction of sp³-hybridized carbons (Fsp3) is 0.214. The fourth-order valence-corrected chi connectivity index (χ4v) is 4.63. The van der Waals surface area contributed by atoms with E-state index in [1.807, 2.05) is 60.7 Å². The molecule has 0 atom stereocenters. The highest BCUT2D eigenvalue weighted by molar-refractivity contribution is 6.45. The van der Waals surface area contributed by atoms with Gasteiger partial charge < -0.3 is 9.64 Å². The van der Waals surface area contributed by atoms with Crippen LogP contribution in [-0.2, 0) is 29.0 Å². The summed E-state index contributed by atoms with van der Waals surface area (Å²) in [4.78, 5) is 30.9. The highest BCUT2D eigenvalue weighted by Gasteiger charge is 2.43. The number of carbonyl (C=O) groups excluding carboxylic acids is 2. The molecule has 2 amide bonds. The summed E-state index contributed by atoms with van der Waals surface area (Å²) in [7, 11) is 1.61. The van der Waals surface area contributed by atoms with Crippen molar-refractivity contribution in [2.24, 2.45) is 0 Å². The number of carbonyl (C=O) groups is 2. The molecule has 5 rings (SSSR count). The molecule has 0 radical (unpaired) electrons. The first kappa shape index (κ1) is 21.0. The van der Waals surface area contributed by atoms with Crippen LogP contribution in [0.15, 0.2) is 78.5 Å². The van der Waals surface area contributed by atoms with Crippen molar-refractivity contribution >= 4 is 23.1 Å². The second-order valence-electron chi connectivity index (χ2n) is 8.36. The molecule has 3 aromatic carbocycles. The van der Waals surface area contributed by atoms with Crippen molar-refractivity contribution in [3.05, 3.63) is 101 Å². The van der Waals surface area contributed by atoms with E-state index in [-0.39, 0.29) is 11.8 Å². The number of rotatable bonds is 5. The number of anilines is 1.